The van der Waals surface area contributed by atoms with E-state index < -0.39 is 0 Å². The number of methoxy groups -OCH3 is 2. The first-order valence-electron chi connectivity index (χ1n) is 19.8. The smallest absolute Gasteiger partial charge is 0.210 e. The van der Waals surface area contributed by atoms with Crippen LogP contribution in [-0.2, 0) is 26.7 Å². The number of rotatable bonds is 18. The van der Waals surface area contributed by atoms with E-state index in [2.05, 4.69) is 118 Å². The van der Waals surface area contributed by atoms with Crippen LogP contribution >= 0.6 is 23.1 Å². The van der Waals surface area contributed by atoms with Gasteiger partial charge in [0.25, 0.3) is 0 Å². The lowest BCUT2D eigenvalue weighted by Gasteiger charge is -2.26. The van der Waals surface area contributed by atoms with Crippen LogP contribution in [0.1, 0.15) is 118 Å². The van der Waals surface area contributed by atoms with Gasteiger partial charge in [-0.25, -0.2) is 0 Å². The summed E-state index contributed by atoms with van der Waals surface area (Å²) in [6.45, 7) is 21.8. The maximum atomic E-state index is 12.8. The van der Waals surface area contributed by atoms with Gasteiger partial charge in [0, 0.05) is 77.7 Å². The Morgan fingerprint density at radius 1 is 0.893 bits per heavy atom. The van der Waals surface area contributed by atoms with E-state index >= 15 is 0 Å². The first-order valence-corrected chi connectivity index (χ1v) is 21.5. The number of benzene rings is 2. The van der Waals surface area contributed by atoms with Crippen LogP contribution in [-0.4, -0.2) is 72.6 Å². The van der Waals surface area contributed by atoms with Crippen molar-refractivity contribution in [1.82, 2.24) is 10.2 Å². The maximum absolute atomic E-state index is 12.8. The second kappa shape index (κ2) is 18.5. The van der Waals surface area contributed by atoms with Crippen LogP contribution < -0.4 is 4.90 Å². The zero-order chi connectivity index (χ0) is 40.8. The van der Waals surface area contributed by atoms with Crippen molar-refractivity contribution < 1.29 is 23.6 Å². The van der Waals surface area contributed by atoms with Gasteiger partial charge in [0.05, 0.1) is 5.41 Å². The van der Waals surface area contributed by atoms with Crippen molar-refractivity contribution in [3.63, 3.8) is 0 Å². The molecule has 0 spiro atoms. The predicted molar refractivity (Wildman–Crippen MR) is 233 cm³/mol. The quantitative estimate of drug-likeness (QED) is 0.0545. The molecule has 3 heterocycles. The van der Waals surface area contributed by atoms with E-state index in [-0.39, 0.29) is 35.6 Å². The number of thioether (sulfide) groups is 1. The van der Waals surface area contributed by atoms with E-state index in [1.807, 2.05) is 24.3 Å². The van der Waals surface area contributed by atoms with Crippen molar-refractivity contribution in [1.29, 1.82) is 0 Å². The van der Waals surface area contributed by atoms with Gasteiger partial charge in [-0.15, -0.1) is 10.2 Å². The van der Waals surface area contributed by atoms with Gasteiger partial charge < -0.3 is 14.4 Å². The highest BCUT2D eigenvalue weighted by molar-refractivity contribution is 8.04. The molecular weight excluding hydrogens is 737 g/mol. The van der Waals surface area contributed by atoms with Crippen molar-refractivity contribution in [2.24, 2.45) is 0 Å². The van der Waals surface area contributed by atoms with Crippen molar-refractivity contribution in [3.8, 4) is 0 Å². The highest BCUT2D eigenvalue weighted by Gasteiger charge is 2.44. The number of ketones is 2. The molecule has 0 amide bonds. The molecule has 5 rings (SSSR count). The molecule has 0 saturated carbocycles. The lowest BCUT2D eigenvalue weighted by Crippen LogP contribution is -2.27. The number of Topliss-reactive ketones (excluding diaryl/α,β-unsaturated/α-hetero) is 2. The molecule has 3 aromatic rings. The topological polar surface area (TPSA) is 84.6 Å². The van der Waals surface area contributed by atoms with Gasteiger partial charge in [-0.3, -0.25) is 9.59 Å². The van der Waals surface area contributed by atoms with Gasteiger partial charge in [0.2, 0.25) is 5.69 Å². The third-order valence-corrected chi connectivity index (χ3v) is 13.2. The van der Waals surface area contributed by atoms with Gasteiger partial charge in [0.15, 0.2) is 21.6 Å². The lowest BCUT2D eigenvalue weighted by molar-refractivity contribution is -0.437. The predicted octanol–water partition coefficient (Wildman–Crippen LogP) is 10.6. The molecule has 0 N–H and O–H groups in total. The van der Waals surface area contributed by atoms with Crippen LogP contribution in [0.25, 0.3) is 0 Å². The third-order valence-electron chi connectivity index (χ3n) is 10.8. The minimum Gasteiger partial charge on any atom is -0.377 e. The van der Waals surface area contributed by atoms with Crippen LogP contribution in [0.2, 0.25) is 0 Å². The van der Waals surface area contributed by atoms with Crippen molar-refractivity contribution in [3.05, 3.63) is 110 Å². The number of fused-ring (bicyclic) bond motifs is 2. The van der Waals surface area contributed by atoms with E-state index in [9.17, 15) is 9.59 Å². The Morgan fingerprint density at radius 3 is 2.14 bits per heavy atom. The van der Waals surface area contributed by atoms with Crippen molar-refractivity contribution in [2.45, 2.75) is 103 Å². The molecule has 298 valence electrons. The summed E-state index contributed by atoms with van der Waals surface area (Å²) in [5.74, 6) is -0.0356. The maximum Gasteiger partial charge on any atom is 0.210 e. The molecule has 2 aromatic carbocycles. The summed E-state index contributed by atoms with van der Waals surface area (Å²) in [5.41, 5.74) is 10.2. The fourth-order valence-electron chi connectivity index (χ4n) is 7.80. The fourth-order valence-corrected chi connectivity index (χ4v) is 9.84. The molecule has 10 heteroatoms. The Hall–Kier alpha value is -3.96. The number of ether oxygens (including phenoxy) is 2. The molecule has 0 atom stereocenters. The van der Waals surface area contributed by atoms with Crippen LogP contribution in [0.4, 0.5) is 11.4 Å². The number of allylic oxidation sites excluding steroid dienone is 7. The van der Waals surface area contributed by atoms with Gasteiger partial charge in [-0.05, 0) is 68.9 Å². The molecule has 1 aromatic heterocycles. The summed E-state index contributed by atoms with van der Waals surface area (Å²) >= 11 is 3.34. The minimum absolute atomic E-state index is 0.0174. The summed E-state index contributed by atoms with van der Waals surface area (Å²) in [6, 6.07) is 12.2. The first-order chi connectivity index (χ1) is 26.8. The van der Waals surface area contributed by atoms with Gasteiger partial charge in [-0.1, -0.05) is 101 Å². The average molecular weight is 796 g/mol. The molecule has 0 fully saturated rings. The van der Waals surface area contributed by atoms with Crippen LogP contribution in [0.3, 0.4) is 0 Å². The van der Waals surface area contributed by atoms with Crippen molar-refractivity contribution >= 4 is 51.8 Å². The fraction of sp³-hybridized carbons (Fsp3) is 0.457. The average Bonchev–Trinajstić information content (AvgIpc) is 3.79. The molecule has 2 aliphatic heterocycles. The van der Waals surface area contributed by atoms with Gasteiger partial charge >= 0.3 is 0 Å². The number of nitrogens with zero attached hydrogens (tertiary/aromatic N) is 4. The molecule has 0 saturated heterocycles. The highest BCUT2D eigenvalue weighted by atomic mass is 32.2. The van der Waals surface area contributed by atoms with Crippen molar-refractivity contribution in [2.75, 3.05) is 45.4 Å². The lowest BCUT2D eigenvalue weighted by atomic mass is 9.81. The zero-order valence-corrected chi connectivity index (χ0v) is 36.8. The van der Waals surface area contributed by atoms with Crippen LogP contribution in [0.15, 0.2) is 86.8 Å². The number of anilines is 1. The van der Waals surface area contributed by atoms with Gasteiger partial charge in [0.1, 0.15) is 24.8 Å². The Kier molecular flexibility index (Phi) is 14.3. The Bertz CT molecular complexity index is 2120. The largest absolute Gasteiger partial charge is 0.377 e. The van der Waals surface area contributed by atoms with Gasteiger partial charge in [-0.2, -0.15) is 4.58 Å². The SMILES string of the molecule is CCCN1/C(=C/C=C(C)/C(Sc2nnc(CC)s2)=C(/C=C/C2=[N+](CCC)c3cc(C(=O)COC)ccc3C2(C)C)CC)C(C)(C)c2ccc(C(=O)COC)cc21. The Balaban J connectivity index is 1.62. The third kappa shape index (κ3) is 8.79. The summed E-state index contributed by atoms with van der Waals surface area (Å²) in [7, 11) is 3.11. The molecule has 0 aliphatic carbocycles. The monoisotopic (exact) mass is 795 g/mol. The Labute approximate surface area is 342 Å². The number of hydrogen-bond donors (Lipinski definition) is 0. The van der Waals surface area contributed by atoms with Crippen LogP contribution in [0.5, 0.6) is 0 Å². The molecule has 56 heavy (non-hydrogen) atoms. The normalized spacial score (nSPS) is 17.2. The van der Waals surface area contributed by atoms with E-state index in [1.165, 1.54) is 28.1 Å². The number of aryl methyl sites for hydroxylation is 1. The Morgan fingerprint density at radius 2 is 1.55 bits per heavy atom. The molecule has 0 unspecified atom stereocenters. The zero-order valence-electron chi connectivity index (χ0n) is 35.2. The number of aromatic nitrogens is 2. The standard InChI is InChI=1S/C46H59N4O4S2/c1-12-24-49-36-26-32(38(51)28-53-10)17-20-34(36)45(6,7)40(49)22-16-30(5)43(56-44-48-47-42(15-4)55-44)31(14-3)19-23-41-46(8,9)35-21-18-33(39(52)29-54-11)27-37(35)50(41)25-13-2/h16-23,26-27H,12-15,24-25,28-29H2,1-11H3/q+1. The van der Waals surface area contributed by atoms with E-state index in [4.69, 9.17) is 9.47 Å². The summed E-state index contributed by atoms with van der Waals surface area (Å²) in [6.07, 6.45) is 12.7. The highest BCUT2D eigenvalue weighted by Crippen LogP contribution is 2.49. The summed E-state index contributed by atoms with van der Waals surface area (Å²) < 4.78 is 13.6. The van der Waals surface area contributed by atoms with E-state index in [0.717, 1.165) is 70.0 Å². The molecular formula is C46H59N4O4S2+. The molecule has 0 bridgehead atoms. The first kappa shape index (κ1) is 43.2. The molecule has 8 nitrogen and oxygen atoms in total. The number of carbonyl (C=O) groups is 2. The molecule has 2 aliphatic rings. The second-order valence-electron chi connectivity index (χ2n) is 15.5. The van der Waals surface area contributed by atoms with Crippen LogP contribution in [0, 0.1) is 0 Å². The molecule has 0 radical (unpaired) electrons. The van der Waals surface area contributed by atoms with E-state index in [0.29, 0.717) is 11.1 Å². The number of hydrogen-bond acceptors (Lipinski definition) is 9. The minimum atomic E-state index is -0.264. The number of carbonyl (C=O) groups excluding carboxylic acids is 2. The summed E-state index contributed by atoms with van der Waals surface area (Å²) in [5, 5.41) is 10.1. The van der Waals surface area contributed by atoms with E-state index in [1.54, 1.807) is 37.3 Å². The summed E-state index contributed by atoms with van der Waals surface area (Å²) in [4.78, 5) is 29.2. The second-order valence-corrected chi connectivity index (χ2v) is 17.8.